The number of nitrogens with two attached hydrogens (primary N) is 1. The number of ether oxygens (including phenoxy) is 1. The highest BCUT2D eigenvalue weighted by atomic mass is 35.5. The van der Waals surface area contributed by atoms with E-state index in [4.69, 9.17) is 15.6 Å². The molecule has 1 amide bonds. The van der Waals surface area contributed by atoms with Crippen LogP contribution in [0.25, 0.3) is 11.1 Å². The summed E-state index contributed by atoms with van der Waals surface area (Å²) in [5.74, 6) is -0.573. The van der Waals surface area contributed by atoms with Gasteiger partial charge in [-0.1, -0.05) is 48.5 Å². The van der Waals surface area contributed by atoms with Gasteiger partial charge in [-0.25, -0.2) is 4.79 Å². The molecule has 3 rings (SSSR count). The molecule has 1 aliphatic carbocycles. The molecule has 0 spiro atoms. The van der Waals surface area contributed by atoms with Crippen molar-refractivity contribution in [1.29, 1.82) is 0 Å². The summed E-state index contributed by atoms with van der Waals surface area (Å²) in [6.07, 6.45) is -0.525. The minimum Gasteiger partial charge on any atom is -0.480 e. The maximum absolute atomic E-state index is 11.9. The molecule has 1 atom stereocenters. The molecule has 0 radical (unpaired) electrons. The molecule has 8 heteroatoms. The molecule has 144 valence electrons. The number of carbonyl (C=O) groups excluding carboxylic acids is 1. The summed E-state index contributed by atoms with van der Waals surface area (Å²) in [4.78, 5) is 22.5. The summed E-state index contributed by atoms with van der Waals surface area (Å²) in [5, 5.41) is 11.3. The Morgan fingerprint density at radius 1 is 1.11 bits per heavy atom. The van der Waals surface area contributed by atoms with Crippen molar-refractivity contribution in [3.63, 3.8) is 0 Å². The average Bonchev–Trinajstić information content (AvgIpc) is 2.97. The Bertz CT molecular complexity index is 772. The van der Waals surface area contributed by atoms with Gasteiger partial charge < -0.3 is 20.9 Å². The van der Waals surface area contributed by atoms with Crippen molar-refractivity contribution in [3.05, 3.63) is 59.7 Å². The Balaban J connectivity index is 0.00000261. The van der Waals surface area contributed by atoms with E-state index in [1.54, 1.807) is 0 Å². The van der Waals surface area contributed by atoms with Gasteiger partial charge in [0.2, 0.25) is 0 Å². The van der Waals surface area contributed by atoms with E-state index in [0.717, 1.165) is 11.1 Å². The number of nitrogens with one attached hydrogen (secondary N) is 1. The monoisotopic (exact) mass is 408 g/mol. The molecule has 27 heavy (non-hydrogen) atoms. The minimum absolute atomic E-state index is 0. The number of rotatable bonds is 7. The lowest BCUT2D eigenvalue weighted by Gasteiger charge is -2.14. The maximum Gasteiger partial charge on any atom is 0.407 e. The van der Waals surface area contributed by atoms with Crippen LogP contribution in [0.15, 0.2) is 48.5 Å². The minimum atomic E-state index is -1.06. The fourth-order valence-corrected chi connectivity index (χ4v) is 3.75. The van der Waals surface area contributed by atoms with Crippen LogP contribution >= 0.6 is 24.2 Å². The number of carboxylic acid groups (broad SMARTS) is 1. The summed E-state index contributed by atoms with van der Waals surface area (Å²) in [6.45, 7) is 0.249. The molecule has 2 aromatic carbocycles. The van der Waals surface area contributed by atoms with Gasteiger partial charge in [0.1, 0.15) is 12.6 Å². The van der Waals surface area contributed by atoms with Crippen molar-refractivity contribution in [2.24, 2.45) is 5.73 Å². The molecular weight excluding hydrogens is 388 g/mol. The third-order valence-electron chi connectivity index (χ3n) is 4.28. The number of alkyl carbamates (subject to hydrolysis) is 1. The van der Waals surface area contributed by atoms with Gasteiger partial charge in [0.05, 0.1) is 5.88 Å². The predicted octanol–water partition coefficient (Wildman–Crippen LogP) is 3.05. The Hall–Kier alpha value is -2.22. The van der Waals surface area contributed by atoms with Gasteiger partial charge in [0.15, 0.2) is 0 Å². The largest absolute Gasteiger partial charge is 0.480 e. The lowest BCUT2D eigenvalue weighted by atomic mass is 9.98. The Kier molecular flexibility index (Phi) is 7.53. The van der Waals surface area contributed by atoms with Crippen LogP contribution in [0, 0.1) is 0 Å². The molecule has 0 unspecified atom stereocenters. The first-order valence-corrected chi connectivity index (χ1v) is 9.38. The number of thioether (sulfide) groups is 1. The topological polar surface area (TPSA) is 102 Å². The van der Waals surface area contributed by atoms with Crippen LogP contribution < -0.4 is 11.1 Å². The van der Waals surface area contributed by atoms with Crippen LogP contribution in [0.3, 0.4) is 0 Å². The van der Waals surface area contributed by atoms with Gasteiger partial charge in [0, 0.05) is 11.7 Å². The lowest BCUT2D eigenvalue weighted by Crippen LogP contribution is -2.33. The normalized spacial score (nSPS) is 13.1. The summed E-state index contributed by atoms with van der Waals surface area (Å²) >= 11 is 1.24. The van der Waals surface area contributed by atoms with E-state index in [9.17, 15) is 9.59 Å². The van der Waals surface area contributed by atoms with Crippen molar-refractivity contribution in [3.8, 4) is 11.1 Å². The van der Waals surface area contributed by atoms with E-state index < -0.39 is 18.1 Å². The van der Waals surface area contributed by atoms with E-state index in [1.165, 1.54) is 22.9 Å². The standard InChI is InChI=1S/C19H20N2O4S.ClH/c20-17(18(22)23)10-26-11-21-19(24)25-9-16-14-7-3-1-5-12(14)13-6-2-4-8-15(13)16;/h1-8,16-17H,9-11,20H2,(H,21,24)(H,22,23);1H/t17-;/m0./s1. The molecule has 0 heterocycles. The second-order valence-corrected chi connectivity index (χ2v) is 6.99. The molecular formula is C19H21ClN2O4S. The van der Waals surface area contributed by atoms with Gasteiger partial charge in [-0.05, 0) is 22.3 Å². The average molecular weight is 409 g/mol. The second kappa shape index (κ2) is 9.64. The molecule has 6 nitrogen and oxygen atoms in total. The maximum atomic E-state index is 11.9. The van der Waals surface area contributed by atoms with E-state index in [2.05, 4.69) is 29.6 Å². The van der Waals surface area contributed by atoms with Crippen LogP contribution in [0.4, 0.5) is 4.79 Å². The Morgan fingerprint density at radius 3 is 2.22 bits per heavy atom. The molecule has 2 aromatic rings. The zero-order chi connectivity index (χ0) is 18.5. The van der Waals surface area contributed by atoms with E-state index in [1.807, 2.05) is 24.3 Å². The third-order valence-corrected chi connectivity index (χ3v) is 5.22. The molecule has 0 bridgehead atoms. The van der Waals surface area contributed by atoms with E-state index >= 15 is 0 Å². The summed E-state index contributed by atoms with van der Waals surface area (Å²) in [6, 6.07) is 15.3. The van der Waals surface area contributed by atoms with Crippen LogP contribution in [0.1, 0.15) is 17.0 Å². The van der Waals surface area contributed by atoms with Gasteiger partial charge in [-0.15, -0.1) is 24.2 Å². The van der Waals surface area contributed by atoms with E-state index in [0.29, 0.717) is 0 Å². The number of amides is 1. The summed E-state index contributed by atoms with van der Waals surface area (Å²) in [7, 11) is 0. The number of benzene rings is 2. The molecule has 1 aliphatic rings. The van der Waals surface area contributed by atoms with E-state index in [-0.39, 0.29) is 36.6 Å². The molecule has 0 aliphatic heterocycles. The fraction of sp³-hybridized carbons (Fsp3) is 0.263. The van der Waals surface area contributed by atoms with Gasteiger partial charge in [-0.2, -0.15) is 0 Å². The van der Waals surface area contributed by atoms with Crippen molar-refractivity contribution >= 4 is 36.2 Å². The Morgan fingerprint density at radius 2 is 1.67 bits per heavy atom. The molecule has 4 N–H and O–H groups in total. The third kappa shape index (κ3) is 4.94. The number of halogens is 1. The second-order valence-electron chi connectivity index (χ2n) is 5.96. The first-order chi connectivity index (χ1) is 12.6. The SMILES string of the molecule is Cl.N[C@@H](CSCNC(=O)OCC1c2ccccc2-c2ccccc21)C(=O)O. The van der Waals surface area contributed by atoms with Crippen molar-refractivity contribution in [2.75, 3.05) is 18.2 Å². The highest BCUT2D eigenvalue weighted by Crippen LogP contribution is 2.44. The number of fused-ring (bicyclic) bond motifs is 3. The van der Waals surface area contributed by atoms with Crippen LogP contribution in [0.2, 0.25) is 0 Å². The number of carbonyl (C=O) groups is 2. The van der Waals surface area contributed by atoms with Crippen molar-refractivity contribution < 1.29 is 19.4 Å². The number of hydrogen-bond donors (Lipinski definition) is 3. The molecule has 0 fully saturated rings. The molecule has 0 aromatic heterocycles. The van der Waals surface area contributed by atoms with Gasteiger partial charge >= 0.3 is 12.1 Å². The van der Waals surface area contributed by atoms with Crippen LogP contribution in [-0.4, -0.2) is 41.4 Å². The molecule has 0 saturated carbocycles. The van der Waals surface area contributed by atoms with Gasteiger partial charge in [-0.3, -0.25) is 4.79 Å². The van der Waals surface area contributed by atoms with Crippen LogP contribution in [0.5, 0.6) is 0 Å². The number of hydrogen-bond acceptors (Lipinski definition) is 5. The zero-order valence-corrected chi connectivity index (χ0v) is 16.1. The molecule has 0 saturated heterocycles. The fourth-order valence-electron chi connectivity index (χ4n) is 3.02. The zero-order valence-electron chi connectivity index (χ0n) is 14.5. The lowest BCUT2D eigenvalue weighted by molar-refractivity contribution is -0.137. The van der Waals surface area contributed by atoms with Crippen molar-refractivity contribution in [1.82, 2.24) is 5.32 Å². The summed E-state index contributed by atoms with van der Waals surface area (Å²) in [5.41, 5.74) is 10.1. The quantitative estimate of drug-likeness (QED) is 0.480. The number of aliphatic carboxylic acids is 1. The Labute approximate surface area is 167 Å². The highest BCUT2D eigenvalue weighted by molar-refractivity contribution is 7.99. The first-order valence-electron chi connectivity index (χ1n) is 8.23. The summed E-state index contributed by atoms with van der Waals surface area (Å²) < 4.78 is 5.38. The number of carboxylic acids is 1. The predicted molar refractivity (Wildman–Crippen MR) is 108 cm³/mol. The van der Waals surface area contributed by atoms with Crippen molar-refractivity contribution in [2.45, 2.75) is 12.0 Å². The van der Waals surface area contributed by atoms with Gasteiger partial charge in [0.25, 0.3) is 0 Å². The highest BCUT2D eigenvalue weighted by Gasteiger charge is 2.28. The van der Waals surface area contributed by atoms with Crippen LogP contribution in [-0.2, 0) is 9.53 Å². The first kappa shape index (κ1) is 21.1. The smallest absolute Gasteiger partial charge is 0.407 e.